The standard InChI is InChI=1S/C16H18N2/c1-13-7-6-12-17-16(13)18-14(2)10-11-15-8-4-3-5-9-15/h3-9,12H,10-11H2,1-2H3/b18-14+. The highest BCUT2D eigenvalue weighted by molar-refractivity contribution is 5.84. The average molecular weight is 238 g/mol. The summed E-state index contributed by atoms with van der Waals surface area (Å²) < 4.78 is 0. The second-order valence-corrected chi connectivity index (χ2v) is 4.48. The molecule has 0 saturated heterocycles. The second kappa shape index (κ2) is 6.10. The summed E-state index contributed by atoms with van der Waals surface area (Å²) in [5.41, 5.74) is 3.60. The zero-order chi connectivity index (χ0) is 12.8. The molecule has 1 aromatic carbocycles. The molecule has 2 aromatic rings. The number of hydrogen-bond acceptors (Lipinski definition) is 2. The van der Waals surface area contributed by atoms with Gasteiger partial charge < -0.3 is 0 Å². The first-order chi connectivity index (χ1) is 8.75. The summed E-state index contributed by atoms with van der Waals surface area (Å²) in [6.45, 7) is 4.10. The van der Waals surface area contributed by atoms with Gasteiger partial charge in [-0.1, -0.05) is 36.4 Å². The fourth-order valence-electron chi connectivity index (χ4n) is 1.80. The van der Waals surface area contributed by atoms with E-state index < -0.39 is 0 Å². The molecule has 0 atom stereocenters. The number of aliphatic imine (C=N–C) groups is 1. The molecule has 0 unspecified atom stereocenters. The summed E-state index contributed by atoms with van der Waals surface area (Å²) in [4.78, 5) is 8.86. The molecule has 0 bridgehead atoms. The van der Waals surface area contributed by atoms with Crippen molar-refractivity contribution in [2.75, 3.05) is 0 Å². The number of hydrogen-bond donors (Lipinski definition) is 0. The van der Waals surface area contributed by atoms with Crippen LogP contribution in [-0.2, 0) is 6.42 Å². The minimum Gasteiger partial charge on any atom is -0.238 e. The summed E-state index contributed by atoms with van der Waals surface area (Å²) in [5.74, 6) is 0.836. The Hall–Kier alpha value is -1.96. The Balaban J connectivity index is 2.00. The normalized spacial score (nSPS) is 11.6. The number of benzene rings is 1. The number of aryl methyl sites for hydroxylation is 2. The molecule has 2 rings (SSSR count). The molecule has 0 spiro atoms. The maximum atomic E-state index is 4.58. The van der Waals surface area contributed by atoms with Crippen LogP contribution in [0.5, 0.6) is 0 Å². The molecule has 18 heavy (non-hydrogen) atoms. The lowest BCUT2D eigenvalue weighted by Gasteiger charge is -2.03. The lowest BCUT2D eigenvalue weighted by Crippen LogP contribution is -1.95. The monoisotopic (exact) mass is 238 g/mol. The van der Waals surface area contributed by atoms with Crippen molar-refractivity contribution in [1.82, 2.24) is 4.98 Å². The van der Waals surface area contributed by atoms with Gasteiger partial charge in [0.25, 0.3) is 0 Å². The number of rotatable bonds is 4. The largest absolute Gasteiger partial charge is 0.238 e. The van der Waals surface area contributed by atoms with Crippen molar-refractivity contribution in [3.8, 4) is 0 Å². The molecule has 92 valence electrons. The van der Waals surface area contributed by atoms with Crippen LogP contribution in [-0.4, -0.2) is 10.7 Å². The molecule has 0 aliphatic carbocycles. The van der Waals surface area contributed by atoms with E-state index in [4.69, 9.17) is 0 Å². The minimum atomic E-state index is 0.836. The van der Waals surface area contributed by atoms with Gasteiger partial charge in [0.2, 0.25) is 0 Å². The Morgan fingerprint density at radius 1 is 1.11 bits per heavy atom. The van der Waals surface area contributed by atoms with Gasteiger partial charge in [-0.2, -0.15) is 0 Å². The van der Waals surface area contributed by atoms with Crippen LogP contribution in [0.25, 0.3) is 0 Å². The van der Waals surface area contributed by atoms with Crippen LogP contribution in [0.3, 0.4) is 0 Å². The molecule has 1 heterocycles. The fraction of sp³-hybridized carbons (Fsp3) is 0.250. The van der Waals surface area contributed by atoms with Crippen LogP contribution in [0.1, 0.15) is 24.5 Å². The minimum absolute atomic E-state index is 0.836. The van der Waals surface area contributed by atoms with Crippen molar-refractivity contribution in [2.45, 2.75) is 26.7 Å². The Kier molecular flexibility index (Phi) is 4.24. The van der Waals surface area contributed by atoms with E-state index in [9.17, 15) is 0 Å². The molecule has 0 radical (unpaired) electrons. The molecule has 2 heteroatoms. The van der Waals surface area contributed by atoms with Crippen molar-refractivity contribution >= 4 is 11.5 Å². The van der Waals surface area contributed by atoms with E-state index in [2.05, 4.69) is 41.2 Å². The highest BCUT2D eigenvalue weighted by Crippen LogP contribution is 2.14. The van der Waals surface area contributed by atoms with Gasteiger partial charge in [-0.25, -0.2) is 9.98 Å². The maximum absolute atomic E-state index is 4.58. The van der Waals surface area contributed by atoms with E-state index in [0.29, 0.717) is 0 Å². The molecule has 2 nitrogen and oxygen atoms in total. The van der Waals surface area contributed by atoms with Crippen molar-refractivity contribution in [1.29, 1.82) is 0 Å². The predicted molar refractivity (Wildman–Crippen MR) is 76.5 cm³/mol. The smallest absolute Gasteiger partial charge is 0.154 e. The molecule has 1 aromatic heterocycles. The zero-order valence-corrected chi connectivity index (χ0v) is 10.9. The second-order valence-electron chi connectivity index (χ2n) is 4.48. The molecule has 0 aliphatic heterocycles. The van der Waals surface area contributed by atoms with E-state index in [1.54, 1.807) is 6.20 Å². The van der Waals surface area contributed by atoms with Crippen molar-refractivity contribution in [2.24, 2.45) is 4.99 Å². The molecular formula is C16H18N2. The quantitative estimate of drug-likeness (QED) is 0.736. The zero-order valence-electron chi connectivity index (χ0n) is 10.9. The van der Waals surface area contributed by atoms with Gasteiger partial charge in [0.1, 0.15) is 0 Å². The highest BCUT2D eigenvalue weighted by Gasteiger charge is 1.99. The van der Waals surface area contributed by atoms with E-state index in [1.807, 2.05) is 25.1 Å². The van der Waals surface area contributed by atoms with Crippen LogP contribution >= 0.6 is 0 Å². The van der Waals surface area contributed by atoms with Gasteiger partial charge in [0.15, 0.2) is 5.82 Å². The first kappa shape index (κ1) is 12.5. The van der Waals surface area contributed by atoms with E-state index in [-0.39, 0.29) is 0 Å². The van der Waals surface area contributed by atoms with Gasteiger partial charge in [0.05, 0.1) is 0 Å². The van der Waals surface area contributed by atoms with Crippen LogP contribution in [0.4, 0.5) is 5.82 Å². The van der Waals surface area contributed by atoms with E-state index >= 15 is 0 Å². The van der Waals surface area contributed by atoms with Crippen molar-refractivity contribution in [3.05, 3.63) is 59.8 Å². The van der Waals surface area contributed by atoms with Crippen LogP contribution in [0, 0.1) is 6.92 Å². The Labute approximate surface area is 108 Å². The van der Waals surface area contributed by atoms with Crippen molar-refractivity contribution in [3.63, 3.8) is 0 Å². The molecule has 0 fully saturated rings. The summed E-state index contributed by atoms with van der Waals surface area (Å²) >= 11 is 0. The van der Waals surface area contributed by atoms with E-state index in [0.717, 1.165) is 29.9 Å². The number of nitrogens with zero attached hydrogens (tertiary/aromatic N) is 2. The van der Waals surface area contributed by atoms with Gasteiger partial charge >= 0.3 is 0 Å². The molecule has 0 saturated carbocycles. The Morgan fingerprint density at radius 3 is 2.61 bits per heavy atom. The lowest BCUT2D eigenvalue weighted by molar-refractivity contribution is 1.03. The van der Waals surface area contributed by atoms with Gasteiger partial charge in [-0.15, -0.1) is 0 Å². The van der Waals surface area contributed by atoms with Crippen LogP contribution in [0.2, 0.25) is 0 Å². The topological polar surface area (TPSA) is 25.2 Å². The SMILES string of the molecule is C/C(CCc1ccccc1)=N\c1ncccc1C. The van der Waals surface area contributed by atoms with Gasteiger partial charge in [-0.05, 0) is 43.9 Å². The maximum Gasteiger partial charge on any atom is 0.154 e. The third-order valence-electron chi connectivity index (χ3n) is 2.90. The average Bonchev–Trinajstić information content (AvgIpc) is 2.40. The van der Waals surface area contributed by atoms with Gasteiger partial charge in [0, 0.05) is 11.9 Å². The summed E-state index contributed by atoms with van der Waals surface area (Å²) in [6, 6.07) is 14.5. The summed E-state index contributed by atoms with van der Waals surface area (Å²) in [5, 5.41) is 0. The summed E-state index contributed by atoms with van der Waals surface area (Å²) in [6.07, 6.45) is 3.79. The fourth-order valence-corrected chi connectivity index (χ4v) is 1.80. The van der Waals surface area contributed by atoms with Crippen molar-refractivity contribution < 1.29 is 0 Å². The molecule has 0 amide bonds. The van der Waals surface area contributed by atoms with E-state index in [1.165, 1.54) is 5.56 Å². The number of pyridine rings is 1. The van der Waals surface area contributed by atoms with Crippen LogP contribution in [0.15, 0.2) is 53.7 Å². The first-order valence-corrected chi connectivity index (χ1v) is 6.25. The van der Waals surface area contributed by atoms with Crippen LogP contribution < -0.4 is 0 Å². The molecular weight excluding hydrogens is 220 g/mol. The van der Waals surface area contributed by atoms with Gasteiger partial charge in [-0.3, -0.25) is 0 Å². The predicted octanol–water partition coefficient (Wildman–Crippen LogP) is 4.12. The molecule has 0 N–H and O–H groups in total. The molecule has 0 aliphatic rings. The Bertz CT molecular complexity index is 530. The third kappa shape index (κ3) is 3.52. The number of aromatic nitrogens is 1. The highest BCUT2D eigenvalue weighted by atomic mass is 14.9. The Morgan fingerprint density at radius 2 is 1.89 bits per heavy atom. The summed E-state index contributed by atoms with van der Waals surface area (Å²) in [7, 11) is 0. The first-order valence-electron chi connectivity index (χ1n) is 6.25. The lowest BCUT2D eigenvalue weighted by atomic mass is 10.1. The third-order valence-corrected chi connectivity index (χ3v) is 2.90.